The molecular weight excluding hydrogens is 637 g/mol. The van der Waals surface area contributed by atoms with Crippen molar-refractivity contribution >= 4 is 37.5 Å². The van der Waals surface area contributed by atoms with Gasteiger partial charge in [0.15, 0.2) is 0 Å². The van der Waals surface area contributed by atoms with E-state index in [-0.39, 0.29) is 47.8 Å². The molecule has 1 heterocycles. The molecule has 4 amide bonds. The van der Waals surface area contributed by atoms with Crippen LogP contribution in [0.1, 0.15) is 57.6 Å². The molecule has 2 aromatic rings. The Bertz CT molecular complexity index is 1510. The predicted molar refractivity (Wildman–Crippen MR) is 180 cm³/mol. The fraction of sp³-hybridized carbons (Fsp3) is 0.471. The first-order valence-electron chi connectivity index (χ1n) is 16.2. The number of carbonyl (C=O) groups is 4. The highest BCUT2D eigenvalue weighted by Gasteiger charge is 2.57. The number of nitrogens with two attached hydrogens (primary N) is 1. The number of hydrogen-bond donors (Lipinski definition) is 6. The van der Waals surface area contributed by atoms with Gasteiger partial charge in [-0.15, -0.1) is 0 Å². The molecule has 1 saturated heterocycles. The number of benzene rings is 2. The Kier molecular flexibility index (Phi) is 12.6. The van der Waals surface area contributed by atoms with Crippen LogP contribution in [0, 0.1) is 17.8 Å². The molecule has 0 radical (unpaired) electrons. The third-order valence-corrected chi connectivity index (χ3v) is 9.11. The molecule has 0 aromatic heterocycles. The van der Waals surface area contributed by atoms with Crippen molar-refractivity contribution in [1.82, 2.24) is 20.9 Å². The van der Waals surface area contributed by atoms with Crippen LogP contribution < -0.4 is 26.2 Å². The van der Waals surface area contributed by atoms with Gasteiger partial charge in [0.25, 0.3) is 0 Å². The minimum absolute atomic E-state index is 0.0214. The Morgan fingerprint density at radius 2 is 1.73 bits per heavy atom. The summed E-state index contributed by atoms with van der Waals surface area (Å²) in [4.78, 5) is 72.0. The van der Waals surface area contributed by atoms with Crippen molar-refractivity contribution in [1.29, 1.82) is 0 Å². The van der Waals surface area contributed by atoms with Gasteiger partial charge in [0.1, 0.15) is 17.8 Å². The summed E-state index contributed by atoms with van der Waals surface area (Å²) in [6, 6.07) is 13.5. The second-order valence-electron chi connectivity index (χ2n) is 13.0. The first-order valence-corrected chi connectivity index (χ1v) is 17.7. The van der Waals surface area contributed by atoms with Crippen molar-refractivity contribution in [3.05, 3.63) is 71.8 Å². The number of rotatable bonds is 17. The molecule has 0 bridgehead atoms. The van der Waals surface area contributed by atoms with Gasteiger partial charge in [0.2, 0.25) is 23.6 Å². The number of phosphoric ester groups is 1. The topological polar surface area (TPSA) is 200 Å². The van der Waals surface area contributed by atoms with Gasteiger partial charge in [-0.25, -0.2) is 4.57 Å². The maximum absolute atomic E-state index is 14.0. The van der Waals surface area contributed by atoms with Gasteiger partial charge in [-0.2, -0.15) is 0 Å². The van der Waals surface area contributed by atoms with Crippen molar-refractivity contribution in [3.8, 4) is 5.75 Å². The molecule has 14 heteroatoms. The Morgan fingerprint density at radius 1 is 1.04 bits per heavy atom. The molecule has 1 aliphatic carbocycles. The summed E-state index contributed by atoms with van der Waals surface area (Å²) in [7, 11) is -4.69. The van der Waals surface area contributed by atoms with E-state index < -0.39 is 37.8 Å². The van der Waals surface area contributed by atoms with Crippen molar-refractivity contribution in [2.75, 3.05) is 6.54 Å². The zero-order chi connectivity index (χ0) is 35.0. The molecule has 7 N–H and O–H groups in total. The van der Waals surface area contributed by atoms with Crippen LogP contribution in [0.4, 0.5) is 0 Å². The van der Waals surface area contributed by atoms with Crippen molar-refractivity contribution in [3.63, 3.8) is 0 Å². The normalized spacial score (nSPS) is 20.5. The molecule has 0 spiro atoms. The van der Waals surface area contributed by atoms with E-state index >= 15 is 0 Å². The van der Waals surface area contributed by atoms with Crippen LogP contribution in [0.25, 0.3) is 6.08 Å². The second kappa shape index (κ2) is 16.4. The monoisotopic (exact) mass is 683 g/mol. The summed E-state index contributed by atoms with van der Waals surface area (Å²) in [6.45, 7) is 6.84. The van der Waals surface area contributed by atoms with Crippen LogP contribution in [-0.2, 0) is 30.3 Å². The van der Waals surface area contributed by atoms with Crippen LogP contribution >= 0.6 is 7.82 Å². The summed E-state index contributed by atoms with van der Waals surface area (Å²) in [5, 5.41) is 9.36. The first-order chi connectivity index (χ1) is 22.7. The van der Waals surface area contributed by atoms with E-state index in [9.17, 15) is 23.7 Å². The number of nitrogens with zero attached hydrogens (tertiary/aromatic N) is 1. The third kappa shape index (κ3) is 11.0. The standard InChI is InChI=1S/C34H46N5O8P/c1-21(2)17-29(37-31(41)16-11-23-9-12-26(13-10-23)47-48(44,45)46)34(43)39-20-25-18-27(25)32(39)33(42)38-28(14-15-30(35)40)22(3)36-19-24-7-5-4-6-8-24/h4-13,16,21-22,25,27-29,32,36H,14-15,17-20H2,1-3H3,(H2,35,40)(H,37,41)(H,38,42)(H2,44,45,46)/b16-11+/t22-,25-,27-,28+,29+,32+/m1/s1. The lowest BCUT2D eigenvalue weighted by Gasteiger charge is -2.33. The molecule has 0 unspecified atom stereocenters. The van der Waals surface area contributed by atoms with Crippen LogP contribution in [0.15, 0.2) is 60.7 Å². The van der Waals surface area contributed by atoms with Crippen LogP contribution in [0.3, 0.4) is 0 Å². The van der Waals surface area contributed by atoms with Crippen molar-refractivity contribution in [2.24, 2.45) is 23.5 Å². The number of piperidine rings is 1. The molecule has 1 saturated carbocycles. The summed E-state index contributed by atoms with van der Waals surface area (Å²) < 4.78 is 15.6. The van der Waals surface area contributed by atoms with E-state index in [0.29, 0.717) is 31.5 Å². The Morgan fingerprint density at radius 3 is 2.35 bits per heavy atom. The Labute approximate surface area is 280 Å². The summed E-state index contributed by atoms with van der Waals surface area (Å²) in [5.41, 5.74) is 7.10. The molecule has 260 valence electrons. The summed E-state index contributed by atoms with van der Waals surface area (Å²) >= 11 is 0. The fourth-order valence-electron chi connectivity index (χ4n) is 6.12. The molecule has 2 aromatic carbocycles. The SMILES string of the molecule is CC(C)C[C@H](NC(=O)/C=C/c1ccc(OP(=O)(O)O)cc1)C(=O)N1C[C@H]2C[C@H]2[C@H]1C(=O)N[C@@H](CCC(N)=O)[C@@H](C)NCc1ccccc1. The van der Waals surface area contributed by atoms with Gasteiger partial charge < -0.3 is 31.1 Å². The van der Waals surface area contributed by atoms with Crippen molar-refractivity contribution in [2.45, 2.75) is 77.2 Å². The number of hydrogen-bond acceptors (Lipinski definition) is 7. The summed E-state index contributed by atoms with van der Waals surface area (Å²) in [5.74, 6) is -1.26. The second-order valence-corrected chi connectivity index (χ2v) is 14.2. The number of amides is 4. The van der Waals surface area contributed by atoms with Gasteiger partial charge >= 0.3 is 7.82 Å². The van der Waals surface area contributed by atoms with E-state index in [0.717, 1.165) is 12.0 Å². The van der Waals surface area contributed by atoms with Gasteiger partial charge in [0.05, 0.1) is 0 Å². The zero-order valence-corrected chi connectivity index (χ0v) is 28.3. The van der Waals surface area contributed by atoms with Crippen LogP contribution in [0.2, 0.25) is 0 Å². The van der Waals surface area contributed by atoms with E-state index in [2.05, 4.69) is 20.5 Å². The molecule has 2 fully saturated rings. The number of carbonyl (C=O) groups excluding carboxylic acids is 4. The first kappa shape index (κ1) is 36.8. The highest BCUT2D eigenvalue weighted by molar-refractivity contribution is 7.46. The van der Waals surface area contributed by atoms with E-state index in [1.54, 1.807) is 4.90 Å². The number of fused-ring (bicyclic) bond motifs is 1. The van der Waals surface area contributed by atoms with E-state index in [1.165, 1.54) is 36.4 Å². The number of primary amides is 1. The van der Waals surface area contributed by atoms with Gasteiger partial charge in [-0.3, -0.25) is 29.0 Å². The molecular formula is C34H46N5O8P. The highest BCUT2D eigenvalue weighted by atomic mass is 31.2. The van der Waals surface area contributed by atoms with Crippen LogP contribution in [0.5, 0.6) is 5.75 Å². The maximum Gasteiger partial charge on any atom is 0.524 e. The molecule has 48 heavy (non-hydrogen) atoms. The summed E-state index contributed by atoms with van der Waals surface area (Å²) in [6.07, 6.45) is 4.44. The smallest absolute Gasteiger partial charge is 0.404 e. The quantitative estimate of drug-likeness (QED) is 0.107. The lowest BCUT2D eigenvalue weighted by atomic mass is 10.00. The average Bonchev–Trinajstić information content (AvgIpc) is 3.68. The maximum atomic E-state index is 14.0. The van der Waals surface area contributed by atoms with Gasteiger partial charge in [-0.1, -0.05) is 56.3 Å². The van der Waals surface area contributed by atoms with Gasteiger partial charge in [-0.05, 0) is 73.3 Å². The Balaban J connectivity index is 1.42. The molecule has 4 rings (SSSR count). The minimum Gasteiger partial charge on any atom is -0.404 e. The van der Waals surface area contributed by atoms with Crippen molar-refractivity contribution < 1.29 is 38.1 Å². The largest absolute Gasteiger partial charge is 0.524 e. The molecule has 2 aliphatic rings. The zero-order valence-electron chi connectivity index (χ0n) is 27.5. The average molecular weight is 684 g/mol. The van der Waals surface area contributed by atoms with E-state index in [4.69, 9.17) is 15.5 Å². The Hall–Kier alpha value is -4.03. The van der Waals surface area contributed by atoms with E-state index in [1.807, 2.05) is 51.1 Å². The molecule has 6 atom stereocenters. The number of nitrogens with one attached hydrogen (secondary N) is 3. The van der Waals surface area contributed by atoms with Gasteiger partial charge in [0, 0.05) is 37.7 Å². The number of likely N-dealkylation sites (tertiary alicyclic amines) is 1. The molecule has 13 nitrogen and oxygen atoms in total. The minimum atomic E-state index is -4.69. The fourth-order valence-corrected chi connectivity index (χ4v) is 6.52. The lowest BCUT2D eigenvalue weighted by molar-refractivity contribution is -0.142. The third-order valence-electron chi connectivity index (χ3n) is 8.66. The number of phosphoric acid groups is 1. The van der Waals surface area contributed by atoms with Crippen LogP contribution in [-0.4, -0.2) is 69.0 Å². The predicted octanol–water partition coefficient (Wildman–Crippen LogP) is 2.48. The molecule has 1 aliphatic heterocycles. The highest BCUT2D eigenvalue weighted by Crippen LogP contribution is 2.50. The lowest BCUT2D eigenvalue weighted by Crippen LogP contribution is -2.58.